The van der Waals surface area contributed by atoms with Gasteiger partial charge < -0.3 is 9.53 Å². The molecule has 2 nitrogen and oxygen atoms in total. The SMILES string of the molecule is CC(C)=CCC/C(C)=C/C(O)C/C(C)=C\CC/C(C)=C/CO[Si](C)(C)C(C)(C)C. The lowest BCUT2D eigenvalue weighted by molar-refractivity contribution is 0.222. The lowest BCUT2D eigenvalue weighted by atomic mass is 10.0. The molecule has 0 aliphatic carbocycles. The van der Waals surface area contributed by atoms with Gasteiger partial charge in [-0.1, -0.05) is 67.4 Å². The van der Waals surface area contributed by atoms with E-state index in [1.165, 1.54) is 22.3 Å². The van der Waals surface area contributed by atoms with Gasteiger partial charge in [-0.15, -0.1) is 0 Å². The van der Waals surface area contributed by atoms with E-state index in [4.69, 9.17) is 4.43 Å². The maximum Gasteiger partial charge on any atom is 0.192 e. The van der Waals surface area contributed by atoms with Crippen LogP contribution in [-0.4, -0.2) is 26.1 Å². The van der Waals surface area contributed by atoms with Crippen LogP contribution < -0.4 is 0 Å². The van der Waals surface area contributed by atoms with Crippen molar-refractivity contribution in [3.63, 3.8) is 0 Å². The van der Waals surface area contributed by atoms with Gasteiger partial charge in [0.25, 0.3) is 0 Å². The van der Waals surface area contributed by atoms with E-state index < -0.39 is 8.32 Å². The zero-order valence-corrected chi connectivity index (χ0v) is 22.0. The summed E-state index contributed by atoms with van der Waals surface area (Å²) < 4.78 is 6.23. The third-order valence-electron chi connectivity index (χ3n) is 5.81. The predicted octanol–water partition coefficient (Wildman–Crippen LogP) is 8.12. The fourth-order valence-electron chi connectivity index (χ4n) is 2.73. The van der Waals surface area contributed by atoms with Gasteiger partial charge in [-0.05, 0) is 84.9 Å². The third kappa shape index (κ3) is 13.9. The topological polar surface area (TPSA) is 29.5 Å². The highest BCUT2D eigenvalue weighted by Crippen LogP contribution is 2.36. The minimum Gasteiger partial charge on any atom is -0.413 e. The van der Waals surface area contributed by atoms with Gasteiger partial charge >= 0.3 is 0 Å². The fourth-order valence-corrected chi connectivity index (χ4v) is 3.66. The lowest BCUT2D eigenvalue weighted by Crippen LogP contribution is -2.40. The van der Waals surface area contributed by atoms with Crippen molar-refractivity contribution in [2.45, 2.75) is 112 Å². The second-order valence-electron chi connectivity index (χ2n) is 10.3. The molecule has 29 heavy (non-hydrogen) atoms. The van der Waals surface area contributed by atoms with Gasteiger partial charge in [0.05, 0.1) is 12.7 Å². The molecule has 0 spiro atoms. The highest BCUT2D eigenvalue weighted by atomic mass is 28.4. The van der Waals surface area contributed by atoms with Gasteiger partial charge in [-0.2, -0.15) is 0 Å². The molecule has 0 saturated carbocycles. The smallest absolute Gasteiger partial charge is 0.192 e. The van der Waals surface area contributed by atoms with E-state index in [0.29, 0.717) is 0 Å². The Morgan fingerprint density at radius 1 is 0.862 bits per heavy atom. The van der Waals surface area contributed by atoms with Crippen molar-refractivity contribution in [2.24, 2.45) is 0 Å². The van der Waals surface area contributed by atoms with Crippen molar-refractivity contribution < 1.29 is 9.53 Å². The molecular weight excluding hydrogens is 372 g/mol. The summed E-state index contributed by atoms with van der Waals surface area (Å²) in [5.41, 5.74) is 5.26. The van der Waals surface area contributed by atoms with Gasteiger partial charge in [0.15, 0.2) is 8.32 Å². The Labute approximate surface area is 183 Å². The van der Waals surface area contributed by atoms with Crippen LogP contribution >= 0.6 is 0 Å². The van der Waals surface area contributed by atoms with Gasteiger partial charge in [0.1, 0.15) is 0 Å². The first-order valence-corrected chi connectivity index (χ1v) is 14.1. The molecule has 0 fully saturated rings. The molecule has 1 atom stereocenters. The summed E-state index contributed by atoms with van der Waals surface area (Å²) in [6.07, 6.45) is 13.2. The Morgan fingerprint density at radius 3 is 1.97 bits per heavy atom. The molecule has 0 aliphatic heterocycles. The largest absolute Gasteiger partial charge is 0.413 e. The number of hydrogen-bond acceptors (Lipinski definition) is 2. The molecule has 0 aliphatic rings. The molecule has 1 N–H and O–H groups in total. The number of rotatable bonds is 12. The molecule has 3 heteroatoms. The summed E-state index contributed by atoms with van der Waals surface area (Å²) in [6.45, 7) is 22.8. The van der Waals surface area contributed by atoms with E-state index in [1.807, 2.05) is 6.08 Å². The summed E-state index contributed by atoms with van der Waals surface area (Å²) >= 11 is 0. The second-order valence-corrected chi connectivity index (χ2v) is 15.1. The average Bonchev–Trinajstić information content (AvgIpc) is 2.52. The molecule has 1 unspecified atom stereocenters. The van der Waals surface area contributed by atoms with Crippen LogP contribution in [-0.2, 0) is 4.43 Å². The summed E-state index contributed by atoms with van der Waals surface area (Å²) in [5, 5.41) is 10.6. The summed E-state index contributed by atoms with van der Waals surface area (Å²) in [5.74, 6) is 0. The Kier molecular flexibility index (Phi) is 13.0. The Balaban J connectivity index is 4.36. The zero-order chi connectivity index (χ0) is 22.7. The van der Waals surface area contributed by atoms with Crippen molar-refractivity contribution in [3.05, 3.63) is 46.6 Å². The fraction of sp³-hybridized carbons (Fsp3) is 0.692. The van der Waals surface area contributed by atoms with Crippen molar-refractivity contribution in [1.82, 2.24) is 0 Å². The van der Waals surface area contributed by atoms with Gasteiger partial charge in [0.2, 0.25) is 0 Å². The van der Waals surface area contributed by atoms with Gasteiger partial charge in [0, 0.05) is 0 Å². The molecule has 0 aromatic heterocycles. The molecule has 0 aromatic rings. The van der Waals surface area contributed by atoms with Crippen LogP contribution in [0.1, 0.15) is 87.5 Å². The summed E-state index contributed by atoms with van der Waals surface area (Å²) in [6, 6.07) is 0. The average molecular weight is 421 g/mol. The van der Waals surface area contributed by atoms with E-state index >= 15 is 0 Å². The van der Waals surface area contributed by atoms with E-state index in [1.54, 1.807) is 0 Å². The van der Waals surface area contributed by atoms with Crippen LogP contribution in [0.3, 0.4) is 0 Å². The maximum absolute atomic E-state index is 10.3. The monoisotopic (exact) mass is 420 g/mol. The van der Waals surface area contributed by atoms with Gasteiger partial charge in [-0.3, -0.25) is 0 Å². The highest BCUT2D eigenvalue weighted by Gasteiger charge is 2.36. The molecule has 0 saturated heterocycles. The van der Waals surface area contributed by atoms with Crippen LogP contribution in [0.15, 0.2) is 46.6 Å². The summed E-state index contributed by atoms with van der Waals surface area (Å²) in [4.78, 5) is 0. The predicted molar refractivity (Wildman–Crippen MR) is 133 cm³/mol. The van der Waals surface area contributed by atoms with Crippen molar-refractivity contribution in [2.75, 3.05) is 6.61 Å². The Bertz CT molecular complexity index is 597. The van der Waals surface area contributed by atoms with Gasteiger partial charge in [-0.25, -0.2) is 0 Å². The Morgan fingerprint density at radius 2 is 1.41 bits per heavy atom. The van der Waals surface area contributed by atoms with Crippen molar-refractivity contribution in [1.29, 1.82) is 0 Å². The first kappa shape index (κ1) is 28.1. The number of hydrogen-bond donors (Lipinski definition) is 1. The van der Waals surface area contributed by atoms with Crippen LogP contribution in [0.2, 0.25) is 18.1 Å². The van der Waals surface area contributed by atoms with E-state index in [2.05, 4.69) is 86.7 Å². The maximum atomic E-state index is 10.3. The van der Waals surface area contributed by atoms with E-state index in [9.17, 15) is 5.11 Å². The zero-order valence-electron chi connectivity index (χ0n) is 21.0. The van der Waals surface area contributed by atoms with E-state index in [-0.39, 0.29) is 11.1 Å². The van der Waals surface area contributed by atoms with Crippen LogP contribution in [0.25, 0.3) is 0 Å². The van der Waals surface area contributed by atoms with E-state index in [0.717, 1.165) is 38.7 Å². The molecule has 0 bridgehead atoms. The first-order chi connectivity index (χ1) is 13.2. The quantitative estimate of drug-likeness (QED) is 0.255. The number of aliphatic hydroxyl groups excluding tert-OH is 1. The second kappa shape index (κ2) is 13.4. The molecule has 168 valence electrons. The third-order valence-corrected chi connectivity index (χ3v) is 10.3. The number of aliphatic hydroxyl groups is 1. The molecule has 0 aromatic carbocycles. The molecule has 0 heterocycles. The molecular formula is C26H48O2Si. The van der Waals surface area contributed by atoms with Crippen LogP contribution in [0.4, 0.5) is 0 Å². The summed E-state index contributed by atoms with van der Waals surface area (Å²) in [7, 11) is -1.66. The Hall–Kier alpha value is -0.903. The van der Waals surface area contributed by atoms with Crippen LogP contribution in [0, 0.1) is 0 Å². The van der Waals surface area contributed by atoms with Crippen LogP contribution in [0.5, 0.6) is 0 Å². The molecule has 0 rings (SSSR count). The standard InChI is InChI=1S/C26H48O2Si/c1-21(2)13-11-15-23(4)19-25(27)20-24(5)16-12-14-22(3)17-18-28-29(9,10)26(6,7)8/h13,16-17,19,25,27H,11-12,14-15,18,20H2,1-10H3/b22-17+,23-19+,24-16-. The molecule has 0 amide bonds. The first-order valence-electron chi connectivity index (χ1n) is 11.2. The number of allylic oxidation sites excluding steroid dienone is 5. The van der Waals surface area contributed by atoms with Crippen molar-refractivity contribution in [3.8, 4) is 0 Å². The van der Waals surface area contributed by atoms with Crippen molar-refractivity contribution >= 4 is 8.32 Å². The normalized spacial score (nSPS) is 15.5. The minimum absolute atomic E-state index is 0.258. The highest BCUT2D eigenvalue weighted by molar-refractivity contribution is 6.74. The minimum atomic E-state index is -1.66. The lowest BCUT2D eigenvalue weighted by Gasteiger charge is -2.35. The molecule has 0 radical (unpaired) electrons.